The van der Waals surface area contributed by atoms with Crippen LogP contribution in [0, 0.1) is 5.92 Å². The molecule has 2 fully saturated rings. The highest BCUT2D eigenvalue weighted by molar-refractivity contribution is 5.87. The summed E-state index contributed by atoms with van der Waals surface area (Å²) >= 11 is 0. The molecule has 3 aromatic carbocycles. The van der Waals surface area contributed by atoms with Gasteiger partial charge in [0.1, 0.15) is 11.5 Å². The summed E-state index contributed by atoms with van der Waals surface area (Å²) in [4.78, 5) is 6.35. The number of H-pyrrole nitrogens is 1. The number of nitrogens with zero attached hydrogens (tertiary/aromatic N) is 1. The van der Waals surface area contributed by atoms with Gasteiger partial charge in [-0.25, -0.2) is 0 Å². The monoisotopic (exact) mass is 490 g/mol. The molecule has 4 atom stereocenters. The number of phenols is 1. The summed E-state index contributed by atoms with van der Waals surface area (Å²) in [7, 11) is 0. The second-order valence-electron chi connectivity index (χ2n) is 12.1. The molecular weight excluding hydrogens is 460 g/mol. The number of benzene rings is 3. The summed E-state index contributed by atoms with van der Waals surface area (Å²) in [5.41, 5.74) is 6.55. The van der Waals surface area contributed by atoms with Crippen molar-refractivity contribution in [3.8, 4) is 22.6 Å². The number of ether oxygens (including phenoxy) is 1. The molecule has 5 nitrogen and oxygen atoms in total. The smallest absolute Gasteiger partial charge is 0.151 e. The van der Waals surface area contributed by atoms with Crippen LogP contribution < -0.4 is 4.74 Å². The van der Waals surface area contributed by atoms with Crippen LogP contribution in [-0.4, -0.2) is 44.8 Å². The third kappa shape index (κ3) is 2.47. The lowest BCUT2D eigenvalue weighted by Crippen LogP contribution is -2.74. The van der Waals surface area contributed by atoms with E-state index < -0.39 is 11.0 Å². The van der Waals surface area contributed by atoms with E-state index in [1.54, 1.807) is 6.07 Å². The number of piperidine rings is 1. The molecule has 1 aromatic heterocycles. The SMILES string of the molecule is Oc1cccc(-c2ccc3c4c2O[C@@H]2c5[nH]c6ccccc6c5C[C@@]5(O)[C@@H](C3)N(CC3CC3)CC[C@]425)c1. The predicted octanol–water partition coefficient (Wildman–Crippen LogP) is 5.24. The Morgan fingerprint density at radius 2 is 1.95 bits per heavy atom. The maximum Gasteiger partial charge on any atom is 0.151 e. The van der Waals surface area contributed by atoms with Gasteiger partial charge in [0.2, 0.25) is 0 Å². The maximum atomic E-state index is 13.1. The fourth-order valence-corrected chi connectivity index (χ4v) is 8.49. The Bertz CT molecular complexity index is 1620. The van der Waals surface area contributed by atoms with Crippen molar-refractivity contribution in [2.24, 2.45) is 5.92 Å². The third-order valence-electron chi connectivity index (χ3n) is 10.2. The van der Waals surface area contributed by atoms with Crippen molar-refractivity contribution >= 4 is 10.9 Å². The minimum atomic E-state index is -0.904. The average molecular weight is 491 g/mol. The van der Waals surface area contributed by atoms with Gasteiger partial charge in [0, 0.05) is 41.0 Å². The number of aromatic amines is 1. The van der Waals surface area contributed by atoms with Crippen molar-refractivity contribution in [2.45, 2.75) is 55.3 Å². The second-order valence-corrected chi connectivity index (χ2v) is 12.1. The summed E-state index contributed by atoms with van der Waals surface area (Å²) in [6, 6.07) is 20.4. The standard InChI is InChI=1S/C32H30N2O3/c35-21-5-3-4-19(14-21)22-11-10-20-15-26-32(36)16-24-23-6-1-2-7-25(23)33-28(24)30-31(32,27(20)29(22)37-30)12-13-34(26)17-18-8-9-18/h1-7,10-11,14,18,26,30,33,35-36H,8-9,12-13,15-17H2/t26-,30-,31+,32-/m1/s1. The summed E-state index contributed by atoms with van der Waals surface area (Å²) in [6.45, 7) is 2.09. The Balaban J connectivity index is 1.32. The van der Waals surface area contributed by atoms with Crippen LogP contribution in [0.25, 0.3) is 22.0 Å². The normalized spacial score (nSPS) is 31.2. The van der Waals surface area contributed by atoms with Crippen molar-refractivity contribution in [1.82, 2.24) is 9.88 Å². The fourth-order valence-electron chi connectivity index (χ4n) is 8.49. The van der Waals surface area contributed by atoms with Gasteiger partial charge in [0.15, 0.2) is 6.10 Å². The molecular formula is C32H30N2O3. The first-order chi connectivity index (χ1) is 18.1. The number of hydrogen-bond donors (Lipinski definition) is 3. The molecule has 0 amide bonds. The predicted molar refractivity (Wildman–Crippen MR) is 142 cm³/mol. The fraction of sp³-hybridized carbons (Fsp3) is 0.375. The van der Waals surface area contributed by atoms with Gasteiger partial charge in [-0.05, 0) is 73.0 Å². The molecule has 1 saturated heterocycles. The topological polar surface area (TPSA) is 68.7 Å². The number of para-hydroxylation sites is 1. The number of aliphatic hydroxyl groups is 1. The largest absolute Gasteiger partial charge is 0.508 e. The zero-order valence-electron chi connectivity index (χ0n) is 20.7. The molecule has 9 rings (SSSR count). The lowest BCUT2D eigenvalue weighted by atomic mass is 9.49. The van der Waals surface area contributed by atoms with E-state index >= 15 is 0 Å². The Hall–Kier alpha value is -3.28. The van der Waals surface area contributed by atoms with Crippen molar-refractivity contribution in [3.63, 3.8) is 0 Å². The number of aromatic nitrogens is 1. The molecule has 1 spiro atoms. The van der Waals surface area contributed by atoms with Gasteiger partial charge in [-0.15, -0.1) is 0 Å². The van der Waals surface area contributed by atoms with Crippen molar-refractivity contribution in [2.75, 3.05) is 13.1 Å². The molecule has 186 valence electrons. The van der Waals surface area contributed by atoms with Crippen LogP contribution in [0.1, 0.15) is 47.8 Å². The summed E-state index contributed by atoms with van der Waals surface area (Å²) in [5, 5.41) is 24.5. The molecule has 2 aliphatic heterocycles. The van der Waals surface area contributed by atoms with Crippen LogP contribution in [0.15, 0.2) is 60.7 Å². The third-order valence-corrected chi connectivity index (χ3v) is 10.2. The first kappa shape index (κ1) is 20.7. The van der Waals surface area contributed by atoms with Crippen molar-refractivity contribution in [3.05, 3.63) is 83.0 Å². The zero-order chi connectivity index (χ0) is 24.5. The van der Waals surface area contributed by atoms with Crippen molar-refractivity contribution in [1.29, 1.82) is 0 Å². The second kappa shape index (κ2) is 6.77. The van der Waals surface area contributed by atoms with Crippen LogP contribution in [-0.2, 0) is 18.3 Å². The van der Waals surface area contributed by atoms with E-state index in [2.05, 4.69) is 46.3 Å². The zero-order valence-corrected chi connectivity index (χ0v) is 20.7. The Morgan fingerprint density at radius 1 is 1.05 bits per heavy atom. The van der Waals surface area contributed by atoms with Crippen LogP contribution in [0.2, 0.25) is 0 Å². The molecule has 1 saturated carbocycles. The van der Waals surface area contributed by atoms with E-state index in [1.807, 2.05) is 18.2 Å². The number of phenolic OH excluding ortho intramolecular Hbond substituents is 1. The minimum absolute atomic E-state index is 0.0832. The Kier molecular flexibility index (Phi) is 3.80. The molecule has 3 heterocycles. The lowest BCUT2D eigenvalue weighted by molar-refractivity contribution is -0.173. The Labute approximate surface area is 215 Å². The first-order valence-electron chi connectivity index (χ1n) is 13.8. The number of hydrogen-bond acceptors (Lipinski definition) is 4. The van der Waals surface area contributed by atoms with Gasteiger partial charge in [0.25, 0.3) is 0 Å². The average Bonchev–Trinajstić information content (AvgIpc) is 3.54. The van der Waals surface area contributed by atoms with Gasteiger partial charge >= 0.3 is 0 Å². The number of fused-ring (bicyclic) bond motifs is 4. The first-order valence-corrected chi connectivity index (χ1v) is 13.8. The van der Waals surface area contributed by atoms with Crippen LogP contribution >= 0.6 is 0 Å². The molecule has 3 N–H and O–H groups in total. The van der Waals surface area contributed by atoms with Gasteiger partial charge in [-0.2, -0.15) is 0 Å². The van der Waals surface area contributed by atoms with Gasteiger partial charge in [-0.1, -0.05) is 42.5 Å². The van der Waals surface area contributed by atoms with E-state index in [0.29, 0.717) is 6.42 Å². The summed E-state index contributed by atoms with van der Waals surface area (Å²) in [5.74, 6) is 1.93. The highest BCUT2D eigenvalue weighted by Gasteiger charge is 2.72. The number of rotatable bonds is 3. The van der Waals surface area contributed by atoms with E-state index in [-0.39, 0.29) is 17.9 Å². The highest BCUT2D eigenvalue weighted by Crippen LogP contribution is 2.69. The highest BCUT2D eigenvalue weighted by atomic mass is 16.5. The maximum absolute atomic E-state index is 13.1. The molecule has 5 aliphatic rings. The van der Waals surface area contributed by atoms with E-state index in [4.69, 9.17) is 4.74 Å². The van der Waals surface area contributed by atoms with Gasteiger partial charge in [0.05, 0.1) is 16.7 Å². The van der Waals surface area contributed by atoms with Gasteiger partial charge in [-0.3, -0.25) is 4.90 Å². The summed E-state index contributed by atoms with van der Waals surface area (Å²) < 4.78 is 7.06. The molecule has 2 bridgehead atoms. The molecule has 0 radical (unpaired) electrons. The lowest BCUT2D eigenvalue weighted by Gasteiger charge is -2.62. The number of aromatic hydroxyl groups is 1. The molecule has 5 heteroatoms. The van der Waals surface area contributed by atoms with Crippen LogP contribution in [0.5, 0.6) is 11.5 Å². The molecule has 0 unspecified atom stereocenters. The van der Waals surface area contributed by atoms with E-state index in [9.17, 15) is 10.2 Å². The number of nitrogens with one attached hydrogen (secondary N) is 1. The van der Waals surface area contributed by atoms with Gasteiger partial charge < -0.3 is 19.9 Å². The van der Waals surface area contributed by atoms with E-state index in [0.717, 1.165) is 59.9 Å². The molecule has 3 aliphatic carbocycles. The summed E-state index contributed by atoms with van der Waals surface area (Å²) in [6.07, 6.45) is 4.76. The van der Waals surface area contributed by atoms with E-state index in [1.165, 1.54) is 34.9 Å². The molecule has 4 aromatic rings. The molecule has 37 heavy (non-hydrogen) atoms. The quantitative estimate of drug-likeness (QED) is 0.367. The Morgan fingerprint density at radius 3 is 2.81 bits per heavy atom. The van der Waals surface area contributed by atoms with Crippen molar-refractivity contribution < 1.29 is 14.9 Å². The van der Waals surface area contributed by atoms with Crippen LogP contribution in [0.4, 0.5) is 0 Å². The number of likely N-dealkylation sites (tertiary alicyclic amines) is 1. The minimum Gasteiger partial charge on any atom is -0.508 e. The van der Waals surface area contributed by atoms with Crippen LogP contribution in [0.3, 0.4) is 0 Å².